The molecule has 3 heterocycles. The number of hydrogen-bond acceptors (Lipinski definition) is 2. The van der Waals surface area contributed by atoms with Crippen molar-refractivity contribution in [3.63, 3.8) is 0 Å². The molecule has 0 amide bonds. The molecule has 0 aliphatic carbocycles. The molecule has 4 aromatic rings. The zero-order valence-electron chi connectivity index (χ0n) is 12.3. The molecule has 4 heteroatoms. The third kappa shape index (κ3) is 2.38. The first-order chi connectivity index (χ1) is 10.9. The van der Waals surface area contributed by atoms with Gasteiger partial charge in [0.2, 0.25) is 0 Å². The summed E-state index contributed by atoms with van der Waals surface area (Å²) < 4.78 is 0. The number of hydrogen-bond donors (Lipinski definition) is 3. The summed E-state index contributed by atoms with van der Waals surface area (Å²) in [7, 11) is 0. The van der Waals surface area contributed by atoms with Crippen molar-refractivity contribution >= 4 is 21.9 Å². The highest BCUT2D eigenvalue weighted by Crippen LogP contribution is 2.18. The SMILES string of the molecule is c1ccc2c(CCNCc3c[nH]c4ncccc34)c[nH]c2c1. The predicted octanol–water partition coefficient (Wildman–Crippen LogP) is 3.38. The number of nitrogens with zero attached hydrogens (tertiary/aromatic N) is 1. The van der Waals surface area contributed by atoms with Crippen LogP contribution in [0.2, 0.25) is 0 Å². The second-order valence-electron chi connectivity index (χ2n) is 5.50. The van der Waals surface area contributed by atoms with Crippen molar-refractivity contribution in [2.24, 2.45) is 0 Å². The van der Waals surface area contributed by atoms with Gasteiger partial charge < -0.3 is 15.3 Å². The number of aromatic nitrogens is 3. The van der Waals surface area contributed by atoms with Crippen LogP contribution in [0.3, 0.4) is 0 Å². The summed E-state index contributed by atoms with van der Waals surface area (Å²) in [6, 6.07) is 12.5. The maximum absolute atomic E-state index is 4.32. The lowest BCUT2D eigenvalue weighted by Gasteiger charge is -2.03. The maximum atomic E-state index is 4.32. The van der Waals surface area contributed by atoms with Gasteiger partial charge in [0.25, 0.3) is 0 Å². The van der Waals surface area contributed by atoms with E-state index in [-0.39, 0.29) is 0 Å². The van der Waals surface area contributed by atoms with E-state index in [0.717, 1.165) is 25.2 Å². The van der Waals surface area contributed by atoms with E-state index >= 15 is 0 Å². The van der Waals surface area contributed by atoms with Crippen LogP contribution in [0, 0.1) is 0 Å². The van der Waals surface area contributed by atoms with Crippen LogP contribution in [0.15, 0.2) is 55.0 Å². The third-order valence-electron chi connectivity index (χ3n) is 4.10. The van der Waals surface area contributed by atoms with Crippen LogP contribution in [-0.4, -0.2) is 21.5 Å². The first-order valence-corrected chi connectivity index (χ1v) is 7.58. The molecule has 4 nitrogen and oxygen atoms in total. The Hall–Kier alpha value is -2.59. The quantitative estimate of drug-likeness (QED) is 0.494. The summed E-state index contributed by atoms with van der Waals surface area (Å²) in [5.41, 5.74) is 4.79. The molecule has 0 radical (unpaired) electrons. The van der Waals surface area contributed by atoms with Crippen molar-refractivity contribution in [3.8, 4) is 0 Å². The van der Waals surface area contributed by atoms with E-state index < -0.39 is 0 Å². The highest BCUT2D eigenvalue weighted by Gasteiger charge is 2.04. The zero-order chi connectivity index (χ0) is 14.8. The minimum atomic E-state index is 0.855. The summed E-state index contributed by atoms with van der Waals surface area (Å²) >= 11 is 0. The highest BCUT2D eigenvalue weighted by atomic mass is 14.9. The predicted molar refractivity (Wildman–Crippen MR) is 89.8 cm³/mol. The van der Waals surface area contributed by atoms with E-state index in [2.05, 4.69) is 56.8 Å². The Labute approximate surface area is 128 Å². The van der Waals surface area contributed by atoms with Crippen LogP contribution in [0.25, 0.3) is 21.9 Å². The third-order valence-corrected chi connectivity index (χ3v) is 4.10. The monoisotopic (exact) mass is 290 g/mol. The fraction of sp³-hybridized carbons (Fsp3) is 0.167. The largest absolute Gasteiger partial charge is 0.361 e. The summed E-state index contributed by atoms with van der Waals surface area (Å²) in [6.45, 7) is 1.81. The number of nitrogens with one attached hydrogen (secondary N) is 3. The second kappa shape index (κ2) is 5.66. The Morgan fingerprint density at radius 2 is 1.77 bits per heavy atom. The Kier molecular flexibility index (Phi) is 3.37. The molecule has 0 unspecified atom stereocenters. The number of para-hydroxylation sites is 1. The number of aromatic amines is 2. The second-order valence-corrected chi connectivity index (χ2v) is 5.50. The van der Waals surface area contributed by atoms with Gasteiger partial charge >= 0.3 is 0 Å². The van der Waals surface area contributed by atoms with Crippen LogP contribution in [-0.2, 0) is 13.0 Å². The average molecular weight is 290 g/mol. The highest BCUT2D eigenvalue weighted by molar-refractivity contribution is 5.83. The van der Waals surface area contributed by atoms with E-state index in [9.17, 15) is 0 Å². The van der Waals surface area contributed by atoms with Gasteiger partial charge in [0.1, 0.15) is 5.65 Å². The summed E-state index contributed by atoms with van der Waals surface area (Å²) in [4.78, 5) is 10.9. The van der Waals surface area contributed by atoms with E-state index in [1.807, 2.05) is 18.5 Å². The van der Waals surface area contributed by atoms with E-state index in [0.29, 0.717) is 0 Å². The van der Waals surface area contributed by atoms with Crippen molar-refractivity contribution in [3.05, 3.63) is 66.1 Å². The van der Waals surface area contributed by atoms with Crippen LogP contribution in [0.4, 0.5) is 0 Å². The molecule has 0 bridgehead atoms. The van der Waals surface area contributed by atoms with Gasteiger partial charge in [-0.3, -0.25) is 0 Å². The lowest BCUT2D eigenvalue weighted by atomic mass is 10.1. The van der Waals surface area contributed by atoms with Crippen molar-refractivity contribution in [2.45, 2.75) is 13.0 Å². The Morgan fingerprint density at radius 3 is 2.77 bits per heavy atom. The van der Waals surface area contributed by atoms with Crippen molar-refractivity contribution < 1.29 is 0 Å². The van der Waals surface area contributed by atoms with Crippen LogP contribution < -0.4 is 5.32 Å². The molecule has 0 saturated heterocycles. The molecular formula is C18H18N4. The molecule has 0 saturated carbocycles. The van der Waals surface area contributed by atoms with Crippen LogP contribution in [0.5, 0.6) is 0 Å². The number of H-pyrrole nitrogens is 2. The molecule has 3 aromatic heterocycles. The average Bonchev–Trinajstić information content (AvgIpc) is 3.16. The van der Waals surface area contributed by atoms with E-state index in [4.69, 9.17) is 0 Å². The minimum Gasteiger partial charge on any atom is -0.361 e. The van der Waals surface area contributed by atoms with Crippen molar-refractivity contribution in [1.82, 2.24) is 20.3 Å². The molecule has 0 aliphatic rings. The van der Waals surface area contributed by atoms with Gasteiger partial charge in [0.15, 0.2) is 0 Å². The van der Waals surface area contributed by atoms with Crippen LogP contribution in [0.1, 0.15) is 11.1 Å². The molecule has 0 atom stereocenters. The molecule has 3 N–H and O–H groups in total. The van der Waals surface area contributed by atoms with Gasteiger partial charge in [0, 0.05) is 41.4 Å². The topological polar surface area (TPSA) is 56.5 Å². The van der Waals surface area contributed by atoms with Crippen molar-refractivity contribution in [2.75, 3.05) is 6.54 Å². The number of rotatable bonds is 5. The number of benzene rings is 1. The standard InChI is InChI=1S/C18H18N4/c1-2-6-17-15(4-1)13(11-21-17)7-9-19-10-14-12-22-18-16(14)5-3-8-20-18/h1-6,8,11-12,19,21H,7,9-10H2,(H,20,22). The van der Waals surface area contributed by atoms with Gasteiger partial charge in [-0.1, -0.05) is 18.2 Å². The van der Waals surface area contributed by atoms with Gasteiger partial charge in [0.05, 0.1) is 0 Å². The van der Waals surface area contributed by atoms with Gasteiger partial charge in [-0.2, -0.15) is 0 Å². The Bertz CT molecular complexity index is 827. The number of pyridine rings is 1. The van der Waals surface area contributed by atoms with Gasteiger partial charge in [-0.15, -0.1) is 0 Å². The normalized spacial score (nSPS) is 11.5. The first-order valence-electron chi connectivity index (χ1n) is 7.58. The Morgan fingerprint density at radius 1 is 0.909 bits per heavy atom. The Balaban J connectivity index is 1.39. The molecule has 0 fully saturated rings. The summed E-state index contributed by atoms with van der Waals surface area (Å²) in [5.74, 6) is 0. The van der Waals surface area contributed by atoms with Gasteiger partial charge in [-0.05, 0) is 42.3 Å². The molecule has 1 aromatic carbocycles. The lowest BCUT2D eigenvalue weighted by Crippen LogP contribution is -2.16. The zero-order valence-corrected chi connectivity index (χ0v) is 12.3. The molecule has 0 spiro atoms. The van der Waals surface area contributed by atoms with Crippen molar-refractivity contribution in [1.29, 1.82) is 0 Å². The fourth-order valence-electron chi connectivity index (χ4n) is 2.94. The van der Waals surface area contributed by atoms with E-state index in [1.54, 1.807) is 0 Å². The molecule has 22 heavy (non-hydrogen) atoms. The van der Waals surface area contributed by atoms with E-state index in [1.165, 1.54) is 27.4 Å². The van der Waals surface area contributed by atoms with Crippen LogP contribution >= 0.6 is 0 Å². The molecule has 4 rings (SSSR count). The molecule has 110 valence electrons. The maximum Gasteiger partial charge on any atom is 0.137 e. The fourth-order valence-corrected chi connectivity index (χ4v) is 2.94. The summed E-state index contributed by atoms with van der Waals surface area (Å²) in [5, 5.41) is 6.04. The molecular weight excluding hydrogens is 272 g/mol. The smallest absolute Gasteiger partial charge is 0.137 e. The van der Waals surface area contributed by atoms with Gasteiger partial charge in [-0.25, -0.2) is 4.98 Å². The lowest BCUT2D eigenvalue weighted by molar-refractivity contribution is 0.691. The minimum absolute atomic E-state index is 0.855. The molecule has 0 aliphatic heterocycles. The summed E-state index contributed by atoms with van der Waals surface area (Å²) in [6.07, 6.45) is 6.98. The number of fused-ring (bicyclic) bond motifs is 2. The first kappa shape index (κ1) is 13.1.